The molecule has 3 aliphatic rings. The Morgan fingerprint density at radius 1 is 1.17 bits per heavy atom. The third-order valence-corrected chi connectivity index (χ3v) is 5.17. The standard InChI is InChI=1S/C18H25N3O2/c22-18(21-11-10-20-9-3-4-15(20)12-21)19-16-5-1-2-6-17(16)23-13-14-7-8-14/h1-2,5-6,14-15H,3-4,7-13H2,(H,19,22). The average molecular weight is 315 g/mol. The second kappa shape index (κ2) is 6.40. The zero-order valence-corrected chi connectivity index (χ0v) is 13.5. The van der Waals surface area contributed by atoms with Crippen molar-refractivity contribution in [2.24, 2.45) is 5.92 Å². The minimum atomic E-state index is -0.000906. The predicted octanol–water partition coefficient (Wildman–Crippen LogP) is 2.79. The zero-order chi connectivity index (χ0) is 15.6. The summed E-state index contributed by atoms with van der Waals surface area (Å²) >= 11 is 0. The van der Waals surface area contributed by atoms with E-state index in [-0.39, 0.29) is 6.03 Å². The molecule has 1 aromatic carbocycles. The number of hydrogen-bond acceptors (Lipinski definition) is 3. The van der Waals surface area contributed by atoms with Crippen LogP contribution in [0.2, 0.25) is 0 Å². The molecule has 2 aliphatic heterocycles. The highest BCUT2D eigenvalue weighted by molar-refractivity contribution is 5.91. The zero-order valence-electron chi connectivity index (χ0n) is 13.5. The molecule has 1 aliphatic carbocycles. The molecule has 5 nitrogen and oxygen atoms in total. The van der Waals surface area contributed by atoms with Crippen LogP contribution in [-0.4, -0.2) is 54.7 Å². The summed E-state index contributed by atoms with van der Waals surface area (Å²) in [4.78, 5) is 17.1. The number of ether oxygens (including phenoxy) is 1. The van der Waals surface area contributed by atoms with Crippen LogP contribution in [0.25, 0.3) is 0 Å². The predicted molar refractivity (Wildman–Crippen MR) is 89.8 cm³/mol. The van der Waals surface area contributed by atoms with Crippen LogP contribution in [0.15, 0.2) is 24.3 Å². The lowest BCUT2D eigenvalue weighted by molar-refractivity contribution is 0.124. The average Bonchev–Trinajstić information content (AvgIpc) is 3.28. The number of piperazine rings is 1. The van der Waals surface area contributed by atoms with Crippen LogP contribution in [0.3, 0.4) is 0 Å². The monoisotopic (exact) mass is 315 g/mol. The Kier molecular flexibility index (Phi) is 4.12. The maximum Gasteiger partial charge on any atom is 0.322 e. The van der Waals surface area contributed by atoms with Gasteiger partial charge in [-0.2, -0.15) is 0 Å². The molecule has 5 heteroatoms. The van der Waals surface area contributed by atoms with Gasteiger partial charge in [-0.25, -0.2) is 4.79 Å². The number of rotatable bonds is 4. The molecule has 1 saturated carbocycles. The topological polar surface area (TPSA) is 44.8 Å². The van der Waals surface area contributed by atoms with Crippen molar-refractivity contribution in [3.05, 3.63) is 24.3 Å². The fourth-order valence-corrected chi connectivity index (χ4v) is 3.56. The van der Waals surface area contributed by atoms with Gasteiger partial charge in [0.25, 0.3) is 0 Å². The van der Waals surface area contributed by atoms with Gasteiger partial charge in [-0.15, -0.1) is 0 Å². The molecule has 0 aromatic heterocycles. The molecule has 2 saturated heterocycles. The van der Waals surface area contributed by atoms with Gasteiger partial charge in [-0.05, 0) is 50.3 Å². The SMILES string of the molecule is O=C(Nc1ccccc1OCC1CC1)N1CCN2CCCC2C1. The number of benzene rings is 1. The summed E-state index contributed by atoms with van der Waals surface area (Å²) in [6, 6.07) is 8.30. The van der Waals surface area contributed by atoms with E-state index in [4.69, 9.17) is 4.74 Å². The van der Waals surface area contributed by atoms with E-state index in [1.807, 2.05) is 29.2 Å². The fraction of sp³-hybridized carbons (Fsp3) is 0.611. The van der Waals surface area contributed by atoms with E-state index in [2.05, 4.69) is 10.2 Å². The molecular formula is C18H25N3O2. The summed E-state index contributed by atoms with van der Waals surface area (Å²) in [7, 11) is 0. The van der Waals surface area contributed by atoms with Crippen LogP contribution in [0.4, 0.5) is 10.5 Å². The number of hydrogen-bond donors (Lipinski definition) is 1. The first-order chi connectivity index (χ1) is 11.3. The number of fused-ring (bicyclic) bond motifs is 1. The van der Waals surface area contributed by atoms with Crippen molar-refractivity contribution in [1.82, 2.24) is 9.80 Å². The van der Waals surface area contributed by atoms with Crippen molar-refractivity contribution in [2.75, 3.05) is 38.1 Å². The lowest BCUT2D eigenvalue weighted by Gasteiger charge is -2.37. The largest absolute Gasteiger partial charge is 0.491 e. The highest BCUT2D eigenvalue weighted by Crippen LogP contribution is 2.32. The lowest BCUT2D eigenvalue weighted by atomic mass is 10.1. The lowest BCUT2D eigenvalue weighted by Crippen LogP contribution is -2.53. The van der Waals surface area contributed by atoms with Crippen molar-refractivity contribution >= 4 is 11.7 Å². The summed E-state index contributed by atoms with van der Waals surface area (Å²) in [6.07, 6.45) is 5.00. The minimum absolute atomic E-state index is 0.000906. The van der Waals surface area contributed by atoms with Gasteiger partial charge in [0, 0.05) is 25.7 Å². The van der Waals surface area contributed by atoms with Crippen molar-refractivity contribution < 1.29 is 9.53 Å². The van der Waals surface area contributed by atoms with Crippen LogP contribution in [0.5, 0.6) is 5.75 Å². The third kappa shape index (κ3) is 3.44. The number of urea groups is 1. The molecule has 1 atom stereocenters. The van der Waals surface area contributed by atoms with Crippen molar-refractivity contribution in [3.63, 3.8) is 0 Å². The van der Waals surface area contributed by atoms with E-state index in [1.165, 1.54) is 32.2 Å². The van der Waals surface area contributed by atoms with Gasteiger partial charge in [0.1, 0.15) is 5.75 Å². The molecule has 2 amide bonds. The molecule has 0 spiro atoms. The van der Waals surface area contributed by atoms with E-state index in [0.29, 0.717) is 12.0 Å². The van der Waals surface area contributed by atoms with Gasteiger partial charge in [0.15, 0.2) is 0 Å². The highest BCUT2D eigenvalue weighted by atomic mass is 16.5. The molecule has 23 heavy (non-hydrogen) atoms. The molecule has 2 heterocycles. The fourth-order valence-electron chi connectivity index (χ4n) is 3.56. The number of anilines is 1. The Bertz CT molecular complexity index is 573. The number of para-hydroxylation sites is 2. The summed E-state index contributed by atoms with van der Waals surface area (Å²) in [6.45, 7) is 4.61. The maximum atomic E-state index is 12.6. The molecule has 3 fully saturated rings. The minimum Gasteiger partial charge on any atom is -0.491 e. The van der Waals surface area contributed by atoms with Gasteiger partial charge in [-0.3, -0.25) is 4.90 Å². The molecule has 1 aromatic rings. The molecule has 0 radical (unpaired) electrons. The summed E-state index contributed by atoms with van der Waals surface area (Å²) < 4.78 is 5.88. The van der Waals surface area contributed by atoms with Gasteiger partial charge in [0.2, 0.25) is 0 Å². The van der Waals surface area contributed by atoms with E-state index >= 15 is 0 Å². The molecular weight excluding hydrogens is 290 g/mol. The Morgan fingerprint density at radius 3 is 2.91 bits per heavy atom. The number of carbonyl (C=O) groups excluding carboxylic acids is 1. The Labute approximate surface area is 137 Å². The molecule has 1 N–H and O–H groups in total. The van der Waals surface area contributed by atoms with Crippen molar-refractivity contribution in [2.45, 2.75) is 31.7 Å². The van der Waals surface area contributed by atoms with E-state index in [0.717, 1.165) is 37.7 Å². The van der Waals surface area contributed by atoms with Crippen LogP contribution < -0.4 is 10.1 Å². The van der Waals surface area contributed by atoms with Crippen molar-refractivity contribution in [3.8, 4) is 5.75 Å². The van der Waals surface area contributed by atoms with E-state index in [1.54, 1.807) is 0 Å². The molecule has 124 valence electrons. The number of nitrogens with one attached hydrogen (secondary N) is 1. The number of carbonyl (C=O) groups is 1. The second-order valence-corrected chi connectivity index (χ2v) is 6.96. The normalized spacial score (nSPS) is 24.3. The maximum absolute atomic E-state index is 12.6. The first-order valence-corrected chi connectivity index (χ1v) is 8.81. The van der Waals surface area contributed by atoms with Crippen molar-refractivity contribution in [1.29, 1.82) is 0 Å². The van der Waals surface area contributed by atoms with E-state index in [9.17, 15) is 4.79 Å². The summed E-state index contributed by atoms with van der Waals surface area (Å²) in [5.41, 5.74) is 0.784. The van der Waals surface area contributed by atoms with Gasteiger partial charge >= 0.3 is 6.03 Å². The summed E-state index contributed by atoms with van der Waals surface area (Å²) in [5.74, 6) is 1.49. The first-order valence-electron chi connectivity index (χ1n) is 8.81. The molecule has 1 unspecified atom stereocenters. The molecule has 0 bridgehead atoms. The third-order valence-electron chi connectivity index (χ3n) is 5.17. The quantitative estimate of drug-likeness (QED) is 0.929. The smallest absolute Gasteiger partial charge is 0.322 e. The Balaban J connectivity index is 1.38. The van der Waals surface area contributed by atoms with Gasteiger partial charge in [-0.1, -0.05) is 12.1 Å². The van der Waals surface area contributed by atoms with Crippen LogP contribution in [-0.2, 0) is 0 Å². The van der Waals surface area contributed by atoms with Crippen LogP contribution >= 0.6 is 0 Å². The summed E-state index contributed by atoms with van der Waals surface area (Å²) in [5, 5.41) is 3.05. The highest BCUT2D eigenvalue weighted by Gasteiger charge is 2.32. The Morgan fingerprint density at radius 2 is 2.04 bits per heavy atom. The molecule has 4 rings (SSSR count). The second-order valence-electron chi connectivity index (χ2n) is 6.96. The van der Waals surface area contributed by atoms with E-state index < -0.39 is 0 Å². The van der Waals surface area contributed by atoms with Crippen LogP contribution in [0, 0.1) is 5.92 Å². The van der Waals surface area contributed by atoms with Crippen LogP contribution in [0.1, 0.15) is 25.7 Å². The van der Waals surface area contributed by atoms with Gasteiger partial charge < -0.3 is 15.0 Å². The Hall–Kier alpha value is -1.75. The number of amides is 2. The number of nitrogens with zero attached hydrogens (tertiary/aromatic N) is 2. The van der Waals surface area contributed by atoms with Gasteiger partial charge in [0.05, 0.1) is 12.3 Å². The first kappa shape index (κ1) is 14.8.